The quantitative estimate of drug-likeness (QED) is 0.361. The number of nitrogens with zero attached hydrogens (tertiary/aromatic N) is 1. The highest BCUT2D eigenvalue weighted by Crippen LogP contribution is 2.74. The van der Waals surface area contributed by atoms with Gasteiger partial charge in [-0.3, -0.25) is 4.98 Å². The van der Waals surface area contributed by atoms with E-state index in [-0.39, 0.29) is 33.9 Å². The van der Waals surface area contributed by atoms with Crippen LogP contribution in [0, 0.1) is 45.3 Å². The van der Waals surface area contributed by atoms with Crippen molar-refractivity contribution in [3.05, 3.63) is 52.1 Å². The third kappa shape index (κ3) is 3.61. The Balaban J connectivity index is 1.30. The molecule has 4 aliphatic carbocycles. The molecule has 4 heteroatoms. The highest BCUT2D eigenvalue weighted by atomic mass is 79.9. The van der Waals surface area contributed by atoms with E-state index in [1.165, 1.54) is 29.4 Å². The lowest BCUT2D eigenvalue weighted by Gasteiger charge is -2.67. The fourth-order valence-corrected chi connectivity index (χ4v) is 10.8. The van der Waals surface area contributed by atoms with Gasteiger partial charge >= 0.3 is 0 Å². The molecule has 0 saturated heterocycles. The Kier molecular flexibility index (Phi) is 6.30. The van der Waals surface area contributed by atoms with Crippen molar-refractivity contribution >= 4 is 26.8 Å². The number of aliphatic hydroxyl groups is 2. The van der Waals surface area contributed by atoms with E-state index in [0.717, 1.165) is 42.1 Å². The van der Waals surface area contributed by atoms with Crippen molar-refractivity contribution in [2.45, 2.75) is 98.7 Å². The largest absolute Gasteiger partial charge is 0.393 e. The van der Waals surface area contributed by atoms with Crippen LogP contribution in [0.1, 0.15) is 85.6 Å². The summed E-state index contributed by atoms with van der Waals surface area (Å²) < 4.78 is 1.07. The third-order valence-corrected chi connectivity index (χ3v) is 13.4. The second-order valence-corrected chi connectivity index (χ2v) is 15.7. The average molecular weight is 581 g/mol. The third-order valence-electron chi connectivity index (χ3n) is 12.9. The molecule has 1 heterocycles. The van der Waals surface area contributed by atoms with E-state index in [1.807, 2.05) is 0 Å². The normalized spacial score (nSPS) is 42.7. The lowest BCUT2D eigenvalue weighted by atomic mass is 9.38. The molecule has 0 amide bonds. The Morgan fingerprint density at radius 1 is 1.00 bits per heavy atom. The van der Waals surface area contributed by atoms with Crippen molar-refractivity contribution in [2.24, 2.45) is 45.3 Å². The van der Waals surface area contributed by atoms with E-state index < -0.39 is 0 Å². The number of fused-ring (bicyclic) bond motifs is 6. The van der Waals surface area contributed by atoms with Gasteiger partial charge in [0.15, 0.2) is 0 Å². The number of aliphatic hydroxyl groups excluding tert-OH is 2. The summed E-state index contributed by atoms with van der Waals surface area (Å²) in [6.07, 6.45) is 11.3. The van der Waals surface area contributed by atoms with Crippen LogP contribution in [0.5, 0.6) is 0 Å². The van der Waals surface area contributed by atoms with Crippen LogP contribution in [-0.4, -0.2) is 27.4 Å². The number of halogens is 1. The van der Waals surface area contributed by atoms with Crippen LogP contribution in [0.3, 0.4) is 0 Å². The predicted octanol–water partition coefficient (Wildman–Crippen LogP) is 8.11. The van der Waals surface area contributed by atoms with Crippen LogP contribution >= 0.6 is 15.9 Å². The molecule has 3 nitrogen and oxygen atoms in total. The highest BCUT2D eigenvalue weighted by molar-refractivity contribution is 9.10. The first-order chi connectivity index (χ1) is 17.8. The topological polar surface area (TPSA) is 53.4 Å². The maximum Gasteiger partial charge on any atom is 0.0713 e. The van der Waals surface area contributed by atoms with Gasteiger partial charge in [0, 0.05) is 26.9 Å². The molecule has 0 bridgehead atoms. The number of hydrogen-bond donors (Lipinski definition) is 2. The van der Waals surface area contributed by atoms with Crippen molar-refractivity contribution in [1.29, 1.82) is 0 Å². The molecule has 0 spiro atoms. The number of pyridine rings is 1. The second-order valence-electron chi connectivity index (χ2n) is 14.7. The molecular formula is C34H46BrNO2. The van der Waals surface area contributed by atoms with Gasteiger partial charge in [0.25, 0.3) is 0 Å². The molecule has 0 radical (unpaired) electrons. The van der Waals surface area contributed by atoms with Crippen LogP contribution in [0.15, 0.2) is 46.6 Å². The van der Waals surface area contributed by atoms with Crippen LogP contribution in [0.4, 0.5) is 0 Å². The summed E-state index contributed by atoms with van der Waals surface area (Å²) in [6.45, 7) is 14.4. The van der Waals surface area contributed by atoms with Gasteiger partial charge in [-0.15, -0.1) is 0 Å². The van der Waals surface area contributed by atoms with Crippen molar-refractivity contribution in [2.75, 3.05) is 0 Å². The molecule has 3 fully saturated rings. The van der Waals surface area contributed by atoms with E-state index in [0.29, 0.717) is 23.7 Å². The number of rotatable bonds is 3. The summed E-state index contributed by atoms with van der Waals surface area (Å²) in [5.74, 6) is 1.96. The van der Waals surface area contributed by atoms with Gasteiger partial charge in [0.05, 0.1) is 17.7 Å². The first kappa shape index (κ1) is 27.0. The molecular weight excluding hydrogens is 534 g/mol. The van der Waals surface area contributed by atoms with E-state index >= 15 is 0 Å². The summed E-state index contributed by atoms with van der Waals surface area (Å²) in [6, 6.07) is 8.66. The summed E-state index contributed by atoms with van der Waals surface area (Å²) in [7, 11) is 0. The first-order valence-electron chi connectivity index (χ1n) is 14.9. The molecule has 3 saturated carbocycles. The van der Waals surface area contributed by atoms with Crippen LogP contribution in [-0.2, 0) is 6.42 Å². The molecule has 2 aromatic rings. The van der Waals surface area contributed by atoms with E-state index in [4.69, 9.17) is 4.98 Å². The summed E-state index contributed by atoms with van der Waals surface area (Å²) in [4.78, 5) is 4.77. The maximum atomic E-state index is 12.1. The van der Waals surface area contributed by atoms with E-state index in [9.17, 15) is 10.2 Å². The fraction of sp³-hybridized carbons (Fsp3) is 0.676. The average Bonchev–Trinajstić information content (AvgIpc) is 3.12. The summed E-state index contributed by atoms with van der Waals surface area (Å²) in [5.41, 5.74) is 3.77. The molecule has 9 atom stereocenters. The Morgan fingerprint density at radius 3 is 2.53 bits per heavy atom. The van der Waals surface area contributed by atoms with Crippen molar-refractivity contribution in [3.8, 4) is 0 Å². The molecule has 1 aromatic heterocycles. The minimum atomic E-state index is -0.307. The van der Waals surface area contributed by atoms with Crippen LogP contribution in [0.2, 0.25) is 0 Å². The predicted molar refractivity (Wildman–Crippen MR) is 159 cm³/mol. The zero-order valence-corrected chi connectivity index (χ0v) is 25.7. The molecule has 0 aliphatic heterocycles. The number of allylic oxidation sites excluding steroid dienone is 1. The van der Waals surface area contributed by atoms with Gasteiger partial charge in [-0.1, -0.05) is 75.2 Å². The zero-order chi connectivity index (χ0) is 27.3. The maximum absolute atomic E-state index is 12.1. The highest BCUT2D eigenvalue weighted by Gasteiger charge is 2.70. The van der Waals surface area contributed by atoms with Gasteiger partial charge < -0.3 is 10.2 Å². The Bertz CT molecular complexity index is 1290. The molecule has 206 valence electrons. The molecule has 4 aliphatic rings. The molecule has 6 rings (SSSR count). The Labute approximate surface area is 237 Å². The molecule has 1 aromatic carbocycles. The van der Waals surface area contributed by atoms with Gasteiger partial charge in [-0.25, -0.2) is 0 Å². The zero-order valence-electron chi connectivity index (χ0n) is 24.1. The van der Waals surface area contributed by atoms with E-state index in [1.54, 1.807) is 0 Å². The van der Waals surface area contributed by atoms with Gasteiger partial charge in [0.2, 0.25) is 0 Å². The van der Waals surface area contributed by atoms with Gasteiger partial charge in [-0.05, 0) is 103 Å². The lowest BCUT2D eigenvalue weighted by Crippen LogP contribution is -2.64. The SMILES string of the molecule is C[C@H](Cc1cnc2cc(Br)ccc2c1)[C@H]1CC[C@@]2(C)[C@@H]3CC=C4[C@@H](CC[C@H](O)C4(C)C)[C@]3(C)[C@H](O)C[C@]12C. The van der Waals surface area contributed by atoms with Crippen molar-refractivity contribution in [3.63, 3.8) is 0 Å². The summed E-state index contributed by atoms with van der Waals surface area (Å²) in [5, 5.41) is 24.1. The van der Waals surface area contributed by atoms with Crippen LogP contribution < -0.4 is 0 Å². The van der Waals surface area contributed by atoms with E-state index in [2.05, 4.69) is 94.0 Å². The molecule has 0 unspecified atom stereocenters. The van der Waals surface area contributed by atoms with Crippen LogP contribution in [0.25, 0.3) is 10.9 Å². The fourth-order valence-electron chi connectivity index (χ4n) is 10.4. The molecule has 38 heavy (non-hydrogen) atoms. The number of aromatic nitrogens is 1. The monoisotopic (exact) mass is 579 g/mol. The number of benzene rings is 1. The Hall–Kier alpha value is -1.23. The number of hydrogen-bond acceptors (Lipinski definition) is 3. The van der Waals surface area contributed by atoms with Crippen molar-refractivity contribution < 1.29 is 10.2 Å². The minimum Gasteiger partial charge on any atom is -0.393 e. The van der Waals surface area contributed by atoms with Gasteiger partial charge in [0.1, 0.15) is 0 Å². The molecule has 2 N–H and O–H groups in total. The first-order valence-corrected chi connectivity index (χ1v) is 15.7. The standard InChI is InChI=1S/C34H46BrNO2/c1-20(15-21-16-22-7-8-23(35)17-27(22)36-19-21)24-13-14-32(4)28-11-9-25-26(10-12-29(37)31(25,2)3)34(28,6)30(38)18-33(24,32)5/h7-9,16-17,19-20,24,26,28-30,37-38H,10-15,18H2,1-6H3/t20-,24-,26-,28+,29+,30-,32+,33-,34+/m1/s1. The lowest BCUT2D eigenvalue weighted by molar-refractivity contribution is -0.203. The van der Waals surface area contributed by atoms with Crippen molar-refractivity contribution in [1.82, 2.24) is 4.98 Å². The second kappa shape index (κ2) is 8.88. The smallest absolute Gasteiger partial charge is 0.0713 e. The summed E-state index contributed by atoms with van der Waals surface area (Å²) >= 11 is 3.56. The Morgan fingerprint density at radius 2 is 1.76 bits per heavy atom. The van der Waals surface area contributed by atoms with Gasteiger partial charge in [-0.2, -0.15) is 0 Å². The minimum absolute atomic E-state index is 0.111.